The lowest BCUT2D eigenvalue weighted by Crippen LogP contribution is -2.47. The van der Waals surface area contributed by atoms with Gasteiger partial charge in [0.15, 0.2) is 0 Å². The number of carbonyl (C=O) groups excluding carboxylic acids is 1. The number of hydrogen-bond acceptors (Lipinski definition) is 3. The van der Waals surface area contributed by atoms with Gasteiger partial charge < -0.3 is 10.2 Å². The fourth-order valence-electron chi connectivity index (χ4n) is 3.20. The van der Waals surface area contributed by atoms with Gasteiger partial charge in [0.2, 0.25) is 0 Å². The average molecular weight is 344 g/mol. The minimum Gasteiger partial charge on any atom is -0.348 e. The Hall–Kier alpha value is -1.91. The number of pyridine rings is 1. The summed E-state index contributed by atoms with van der Waals surface area (Å²) >= 11 is 6.26. The summed E-state index contributed by atoms with van der Waals surface area (Å²) in [5.74, 6) is -0.0599. The molecular formula is C19H22ClN3O. The maximum atomic E-state index is 12.8. The van der Waals surface area contributed by atoms with E-state index in [0.717, 1.165) is 38.0 Å². The number of aromatic nitrogens is 1. The van der Waals surface area contributed by atoms with E-state index in [1.54, 1.807) is 18.3 Å². The number of carbonyl (C=O) groups is 1. The summed E-state index contributed by atoms with van der Waals surface area (Å²) in [7, 11) is 0. The highest BCUT2D eigenvalue weighted by molar-refractivity contribution is 6.33. The molecule has 5 heteroatoms. The van der Waals surface area contributed by atoms with E-state index in [2.05, 4.69) is 22.1 Å². The van der Waals surface area contributed by atoms with Crippen LogP contribution in [-0.2, 0) is 0 Å². The molecule has 0 spiro atoms. The van der Waals surface area contributed by atoms with Crippen molar-refractivity contribution in [3.63, 3.8) is 0 Å². The van der Waals surface area contributed by atoms with Gasteiger partial charge in [-0.15, -0.1) is 0 Å². The van der Waals surface area contributed by atoms with Crippen molar-refractivity contribution in [2.24, 2.45) is 0 Å². The van der Waals surface area contributed by atoms with Gasteiger partial charge in [-0.3, -0.25) is 9.78 Å². The van der Waals surface area contributed by atoms with Gasteiger partial charge in [0.1, 0.15) is 0 Å². The Morgan fingerprint density at radius 2 is 2.17 bits per heavy atom. The Morgan fingerprint density at radius 3 is 2.96 bits per heavy atom. The quantitative estimate of drug-likeness (QED) is 0.922. The molecule has 0 aliphatic carbocycles. The van der Waals surface area contributed by atoms with Gasteiger partial charge in [-0.05, 0) is 44.1 Å². The number of nitrogens with zero attached hydrogens (tertiary/aromatic N) is 2. The molecule has 4 nitrogen and oxygen atoms in total. The number of likely N-dealkylation sites (N-methyl/N-ethyl adjacent to an activating group) is 1. The van der Waals surface area contributed by atoms with Crippen molar-refractivity contribution in [2.75, 3.05) is 19.6 Å². The van der Waals surface area contributed by atoms with E-state index in [4.69, 9.17) is 11.6 Å². The van der Waals surface area contributed by atoms with Gasteiger partial charge in [-0.2, -0.15) is 0 Å². The number of nitrogens with one attached hydrogen (secondary N) is 1. The molecule has 2 heterocycles. The third kappa shape index (κ3) is 3.77. The molecule has 1 amide bonds. The van der Waals surface area contributed by atoms with Crippen LogP contribution >= 0.6 is 11.6 Å². The number of halogens is 1. The van der Waals surface area contributed by atoms with Crippen molar-refractivity contribution < 1.29 is 4.79 Å². The number of amides is 1. The second-order valence-electron chi connectivity index (χ2n) is 6.09. The Kier molecular flexibility index (Phi) is 5.48. The molecule has 1 saturated heterocycles. The third-order valence-electron chi connectivity index (χ3n) is 4.47. The summed E-state index contributed by atoms with van der Waals surface area (Å²) in [4.78, 5) is 19.5. The Bertz CT molecular complexity index is 719. The van der Waals surface area contributed by atoms with Crippen LogP contribution < -0.4 is 5.32 Å². The lowest BCUT2D eigenvalue weighted by atomic mass is 10.0. The summed E-state index contributed by atoms with van der Waals surface area (Å²) in [5.41, 5.74) is 2.03. The minimum absolute atomic E-state index is 0.0599. The zero-order valence-corrected chi connectivity index (χ0v) is 14.6. The highest BCUT2D eigenvalue weighted by Crippen LogP contribution is 2.28. The van der Waals surface area contributed by atoms with Gasteiger partial charge in [0.05, 0.1) is 10.7 Å². The smallest absolute Gasteiger partial charge is 0.252 e. The number of rotatable bonds is 4. The fourth-order valence-corrected chi connectivity index (χ4v) is 3.42. The molecule has 1 N–H and O–H groups in total. The van der Waals surface area contributed by atoms with Gasteiger partial charge in [-0.25, -0.2) is 0 Å². The highest BCUT2D eigenvalue weighted by Gasteiger charge is 2.22. The Labute approximate surface area is 147 Å². The van der Waals surface area contributed by atoms with E-state index in [0.29, 0.717) is 16.3 Å². The van der Waals surface area contributed by atoms with Gasteiger partial charge in [-0.1, -0.05) is 36.7 Å². The summed E-state index contributed by atoms with van der Waals surface area (Å²) in [6.07, 6.45) is 3.83. The topological polar surface area (TPSA) is 45.2 Å². The van der Waals surface area contributed by atoms with E-state index >= 15 is 0 Å². The van der Waals surface area contributed by atoms with Crippen molar-refractivity contribution in [1.29, 1.82) is 0 Å². The standard InChI is InChI=1S/C19H22ClN3O/c1-2-23-12-6-7-14(13-23)22-19(24)16-9-4-3-8-15(16)18-17(20)10-5-11-21-18/h3-5,8-11,14H,2,6-7,12-13H2,1H3,(H,22,24). The normalized spacial score (nSPS) is 18.3. The van der Waals surface area contributed by atoms with E-state index in [-0.39, 0.29) is 11.9 Å². The fraction of sp³-hybridized carbons (Fsp3) is 0.368. The molecule has 1 aromatic heterocycles. The van der Waals surface area contributed by atoms with Crippen LogP contribution in [0.25, 0.3) is 11.3 Å². The van der Waals surface area contributed by atoms with E-state index < -0.39 is 0 Å². The number of benzene rings is 1. The maximum Gasteiger partial charge on any atom is 0.252 e. The van der Waals surface area contributed by atoms with Crippen molar-refractivity contribution in [3.8, 4) is 11.3 Å². The molecule has 1 atom stereocenters. The largest absolute Gasteiger partial charge is 0.348 e. The summed E-state index contributed by atoms with van der Waals surface area (Å²) in [6, 6.07) is 11.3. The molecule has 2 aromatic rings. The summed E-state index contributed by atoms with van der Waals surface area (Å²) in [6.45, 7) is 5.20. The van der Waals surface area contributed by atoms with E-state index in [1.165, 1.54) is 0 Å². The van der Waals surface area contributed by atoms with E-state index in [9.17, 15) is 4.79 Å². The number of likely N-dealkylation sites (tertiary alicyclic amines) is 1. The zero-order chi connectivity index (χ0) is 16.9. The first-order valence-corrected chi connectivity index (χ1v) is 8.80. The summed E-state index contributed by atoms with van der Waals surface area (Å²) < 4.78 is 0. The first-order valence-electron chi connectivity index (χ1n) is 8.42. The molecule has 24 heavy (non-hydrogen) atoms. The SMILES string of the molecule is CCN1CCCC(NC(=O)c2ccccc2-c2ncccc2Cl)C1. The van der Waals surface area contributed by atoms with Crippen molar-refractivity contribution in [3.05, 3.63) is 53.2 Å². The minimum atomic E-state index is -0.0599. The Balaban J connectivity index is 1.82. The molecule has 0 bridgehead atoms. The predicted molar refractivity (Wildman–Crippen MR) is 97.3 cm³/mol. The Morgan fingerprint density at radius 1 is 1.33 bits per heavy atom. The molecule has 0 radical (unpaired) electrons. The first-order chi connectivity index (χ1) is 11.7. The number of hydrogen-bond donors (Lipinski definition) is 1. The predicted octanol–water partition coefficient (Wildman–Crippen LogP) is 3.62. The highest BCUT2D eigenvalue weighted by atomic mass is 35.5. The maximum absolute atomic E-state index is 12.8. The van der Waals surface area contributed by atoms with Crippen LogP contribution in [0, 0.1) is 0 Å². The molecule has 1 aromatic carbocycles. The van der Waals surface area contributed by atoms with Gasteiger partial charge >= 0.3 is 0 Å². The lowest BCUT2D eigenvalue weighted by molar-refractivity contribution is 0.0906. The molecule has 126 valence electrons. The molecule has 3 rings (SSSR count). The van der Waals surface area contributed by atoms with Gasteiger partial charge in [0, 0.05) is 29.9 Å². The van der Waals surface area contributed by atoms with Crippen LogP contribution in [-0.4, -0.2) is 41.5 Å². The monoisotopic (exact) mass is 343 g/mol. The lowest BCUT2D eigenvalue weighted by Gasteiger charge is -2.32. The van der Waals surface area contributed by atoms with Crippen molar-refractivity contribution in [2.45, 2.75) is 25.8 Å². The van der Waals surface area contributed by atoms with Crippen LogP contribution in [0.15, 0.2) is 42.6 Å². The van der Waals surface area contributed by atoms with Gasteiger partial charge in [0.25, 0.3) is 5.91 Å². The summed E-state index contributed by atoms with van der Waals surface area (Å²) in [5, 5.41) is 3.73. The third-order valence-corrected chi connectivity index (χ3v) is 4.78. The van der Waals surface area contributed by atoms with E-state index in [1.807, 2.05) is 24.3 Å². The average Bonchev–Trinajstić information content (AvgIpc) is 2.62. The second-order valence-corrected chi connectivity index (χ2v) is 6.49. The molecule has 1 unspecified atom stereocenters. The zero-order valence-electron chi connectivity index (χ0n) is 13.8. The molecule has 1 fully saturated rings. The van der Waals surface area contributed by atoms with Crippen LogP contribution in [0.2, 0.25) is 5.02 Å². The molecule has 1 aliphatic heterocycles. The molecule has 0 saturated carbocycles. The van der Waals surface area contributed by atoms with Crippen LogP contribution in [0.1, 0.15) is 30.1 Å². The number of piperidine rings is 1. The van der Waals surface area contributed by atoms with Crippen LogP contribution in [0.4, 0.5) is 0 Å². The first kappa shape index (κ1) is 16.9. The molecular weight excluding hydrogens is 322 g/mol. The van der Waals surface area contributed by atoms with Crippen LogP contribution in [0.5, 0.6) is 0 Å². The van der Waals surface area contributed by atoms with Crippen molar-refractivity contribution >= 4 is 17.5 Å². The van der Waals surface area contributed by atoms with Crippen molar-refractivity contribution in [1.82, 2.24) is 15.2 Å². The van der Waals surface area contributed by atoms with Crippen LogP contribution in [0.3, 0.4) is 0 Å². The molecule has 1 aliphatic rings. The second kappa shape index (κ2) is 7.77.